The van der Waals surface area contributed by atoms with Crippen molar-refractivity contribution in [2.24, 2.45) is 11.7 Å². The van der Waals surface area contributed by atoms with Crippen molar-refractivity contribution in [2.45, 2.75) is 39.3 Å². The molecule has 0 aliphatic carbocycles. The predicted molar refractivity (Wildman–Crippen MR) is 56.9 cm³/mol. The lowest BCUT2D eigenvalue weighted by molar-refractivity contribution is -0.121. The molecule has 84 valence electrons. The van der Waals surface area contributed by atoms with Crippen molar-refractivity contribution in [3.63, 3.8) is 0 Å². The van der Waals surface area contributed by atoms with E-state index in [1.165, 1.54) is 0 Å². The molecule has 0 fully saturated rings. The maximum atomic E-state index is 11.0. The molecule has 1 amide bonds. The summed E-state index contributed by atoms with van der Waals surface area (Å²) in [6.07, 6.45) is 1.08. The Morgan fingerprint density at radius 2 is 2.07 bits per heavy atom. The number of methoxy groups -OCH3 is 1. The second kappa shape index (κ2) is 6.79. The van der Waals surface area contributed by atoms with Crippen LogP contribution in [0.15, 0.2) is 0 Å². The summed E-state index contributed by atoms with van der Waals surface area (Å²) in [4.78, 5) is 11.0. The highest BCUT2D eigenvalue weighted by Crippen LogP contribution is 2.07. The van der Waals surface area contributed by atoms with Gasteiger partial charge < -0.3 is 15.8 Å². The first-order valence-corrected chi connectivity index (χ1v) is 5.07. The van der Waals surface area contributed by atoms with Gasteiger partial charge in [-0.2, -0.15) is 0 Å². The molecule has 0 aromatic carbocycles. The Bertz CT molecular complexity index is 174. The van der Waals surface area contributed by atoms with Gasteiger partial charge in [-0.25, -0.2) is 0 Å². The summed E-state index contributed by atoms with van der Waals surface area (Å²) in [7, 11) is 1.56. The van der Waals surface area contributed by atoms with Crippen molar-refractivity contribution >= 4 is 5.91 Å². The number of carbonyl (C=O) groups excluding carboxylic acids is 1. The van der Waals surface area contributed by atoms with Crippen molar-refractivity contribution in [1.82, 2.24) is 5.32 Å². The van der Waals surface area contributed by atoms with Gasteiger partial charge in [-0.15, -0.1) is 0 Å². The van der Waals surface area contributed by atoms with E-state index in [0.29, 0.717) is 12.5 Å². The summed E-state index contributed by atoms with van der Waals surface area (Å²) < 4.78 is 4.92. The van der Waals surface area contributed by atoms with Gasteiger partial charge in [0, 0.05) is 13.2 Å². The fourth-order valence-corrected chi connectivity index (χ4v) is 1.21. The zero-order valence-corrected chi connectivity index (χ0v) is 9.54. The Morgan fingerprint density at radius 1 is 1.50 bits per heavy atom. The molecule has 0 aromatic rings. The molecule has 0 saturated heterocycles. The Hall–Kier alpha value is -0.610. The molecule has 0 saturated carbocycles. The Kier molecular flexibility index (Phi) is 6.49. The summed E-state index contributed by atoms with van der Waals surface area (Å²) in [6, 6.07) is -0.114. The van der Waals surface area contributed by atoms with Crippen LogP contribution in [-0.4, -0.2) is 31.7 Å². The molecule has 14 heavy (non-hydrogen) atoms. The third kappa shape index (κ3) is 4.58. The minimum Gasteiger partial charge on any atom is -0.383 e. The number of nitrogens with one attached hydrogen (secondary N) is 1. The van der Waals surface area contributed by atoms with E-state index in [1.807, 2.05) is 0 Å². The maximum Gasteiger partial charge on any atom is 0.236 e. The summed E-state index contributed by atoms with van der Waals surface area (Å²) in [6.45, 7) is 6.65. The van der Waals surface area contributed by atoms with Crippen molar-refractivity contribution in [3.8, 4) is 0 Å². The van der Waals surface area contributed by atoms with Gasteiger partial charge in [-0.3, -0.25) is 4.79 Å². The molecule has 0 radical (unpaired) electrons. The van der Waals surface area contributed by atoms with Gasteiger partial charge in [-0.05, 0) is 12.8 Å². The van der Waals surface area contributed by atoms with Crippen molar-refractivity contribution in [1.29, 1.82) is 0 Å². The molecule has 0 spiro atoms. The number of amides is 1. The highest BCUT2D eigenvalue weighted by molar-refractivity contribution is 5.80. The van der Waals surface area contributed by atoms with Gasteiger partial charge in [0.25, 0.3) is 0 Å². The topological polar surface area (TPSA) is 64.3 Å². The molecule has 3 N–H and O–H groups in total. The van der Waals surface area contributed by atoms with Crippen LogP contribution in [0, 0.1) is 5.92 Å². The van der Waals surface area contributed by atoms with Crippen molar-refractivity contribution in [2.75, 3.05) is 13.7 Å². The molecule has 0 heterocycles. The first-order valence-electron chi connectivity index (χ1n) is 5.07. The van der Waals surface area contributed by atoms with Crippen LogP contribution < -0.4 is 11.1 Å². The summed E-state index contributed by atoms with van der Waals surface area (Å²) in [5.41, 5.74) is 5.23. The smallest absolute Gasteiger partial charge is 0.236 e. The van der Waals surface area contributed by atoms with Gasteiger partial charge in [0.05, 0.1) is 6.61 Å². The fraction of sp³-hybridized carbons (Fsp3) is 0.900. The minimum absolute atomic E-state index is 0.271. The van der Waals surface area contributed by atoms with Gasteiger partial charge >= 0.3 is 0 Å². The standard InChI is InChI=1S/C10H22N2O2/c1-5-7(2)8(3)12-9(6-14-4)10(11)13/h7-9,12H,5-6H2,1-4H3,(H2,11,13). The largest absolute Gasteiger partial charge is 0.383 e. The van der Waals surface area contributed by atoms with Crippen LogP contribution in [-0.2, 0) is 9.53 Å². The molecular weight excluding hydrogens is 180 g/mol. The molecule has 0 aromatic heterocycles. The lowest BCUT2D eigenvalue weighted by atomic mass is 10.00. The molecule has 0 rings (SSSR count). The summed E-state index contributed by atoms with van der Waals surface area (Å²) >= 11 is 0. The summed E-state index contributed by atoms with van der Waals surface area (Å²) in [5, 5.41) is 3.17. The van der Waals surface area contributed by atoms with E-state index >= 15 is 0 Å². The first kappa shape index (κ1) is 13.4. The van der Waals surface area contributed by atoms with Gasteiger partial charge in [-0.1, -0.05) is 20.3 Å². The number of hydrogen-bond acceptors (Lipinski definition) is 3. The lowest BCUT2D eigenvalue weighted by Crippen LogP contribution is -2.49. The molecule has 3 atom stereocenters. The fourth-order valence-electron chi connectivity index (χ4n) is 1.21. The third-order valence-corrected chi connectivity index (χ3v) is 2.64. The Labute approximate surface area is 86.2 Å². The average Bonchev–Trinajstić information content (AvgIpc) is 2.15. The van der Waals surface area contributed by atoms with Crippen LogP contribution in [0.2, 0.25) is 0 Å². The zero-order chi connectivity index (χ0) is 11.1. The number of ether oxygens (including phenoxy) is 1. The zero-order valence-electron chi connectivity index (χ0n) is 9.54. The highest BCUT2D eigenvalue weighted by atomic mass is 16.5. The van der Waals surface area contributed by atoms with E-state index in [9.17, 15) is 4.79 Å². The lowest BCUT2D eigenvalue weighted by Gasteiger charge is -2.24. The van der Waals surface area contributed by atoms with E-state index in [4.69, 9.17) is 10.5 Å². The van der Waals surface area contributed by atoms with Crippen molar-refractivity contribution in [3.05, 3.63) is 0 Å². The maximum absolute atomic E-state index is 11.0. The molecule has 0 aliphatic rings. The number of nitrogens with two attached hydrogens (primary N) is 1. The Balaban J connectivity index is 4.08. The molecule has 0 aliphatic heterocycles. The number of rotatable bonds is 7. The van der Waals surface area contributed by atoms with Gasteiger partial charge in [0.1, 0.15) is 6.04 Å². The van der Waals surface area contributed by atoms with Crippen LogP contribution >= 0.6 is 0 Å². The SMILES string of the molecule is CCC(C)C(C)NC(COC)C(N)=O. The van der Waals surface area contributed by atoms with Crippen LogP contribution in [0.3, 0.4) is 0 Å². The summed E-state index contributed by atoms with van der Waals surface area (Å²) in [5.74, 6) is 0.163. The third-order valence-electron chi connectivity index (χ3n) is 2.64. The number of carbonyl (C=O) groups is 1. The first-order chi connectivity index (χ1) is 6.52. The molecule has 3 unspecified atom stereocenters. The van der Waals surface area contributed by atoms with E-state index in [0.717, 1.165) is 6.42 Å². The highest BCUT2D eigenvalue weighted by Gasteiger charge is 2.19. The van der Waals surface area contributed by atoms with E-state index in [2.05, 4.69) is 26.1 Å². The van der Waals surface area contributed by atoms with Gasteiger partial charge in [0.2, 0.25) is 5.91 Å². The van der Waals surface area contributed by atoms with Crippen LogP contribution in [0.4, 0.5) is 0 Å². The second-order valence-electron chi connectivity index (χ2n) is 3.75. The minimum atomic E-state index is -0.385. The van der Waals surface area contributed by atoms with Crippen LogP contribution in [0.1, 0.15) is 27.2 Å². The van der Waals surface area contributed by atoms with Crippen LogP contribution in [0.25, 0.3) is 0 Å². The number of hydrogen-bond donors (Lipinski definition) is 2. The normalized spacial score (nSPS) is 17.4. The van der Waals surface area contributed by atoms with E-state index in [-0.39, 0.29) is 18.0 Å². The monoisotopic (exact) mass is 202 g/mol. The van der Waals surface area contributed by atoms with Crippen LogP contribution in [0.5, 0.6) is 0 Å². The average molecular weight is 202 g/mol. The molecule has 4 nitrogen and oxygen atoms in total. The molecular formula is C10H22N2O2. The second-order valence-corrected chi connectivity index (χ2v) is 3.75. The quantitative estimate of drug-likeness (QED) is 0.632. The Morgan fingerprint density at radius 3 is 2.43 bits per heavy atom. The molecule has 0 bridgehead atoms. The molecule has 4 heteroatoms. The van der Waals surface area contributed by atoms with Crippen molar-refractivity contribution < 1.29 is 9.53 Å². The number of primary amides is 1. The predicted octanol–water partition coefficient (Wildman–Crippen LogP) is 0.511. The van der Waals surface area contributed by atoms with E-state index in [1.54, 1.807) is 7.11 Å². The van der Waals surface area contributed by atoms with Gasteiger partial charge in [0.15, 0.2) is 0 Å². The van der Waals surface area contributed by atoms with E-state index < -0.39 is 0 Å².